The number of phenols is 1. The summed E-state index contributed by atoms with van der Waals surface area (Å²) in [4.78, 5) is 0. The number of nitrogens with two attached hydrogens (primary N) is 1. The topological polar surface area (TPSA) is 46.2 Å². The summed E-state index contributed by atoms with van der Waals surface area (Å²) in [6.45, 7) is 2.05. The molecule has 0 aliphatic carbocycles. The third-order valence-corrected chi connectivity index (χ3v) is 1.65. The fourth-order valence-electron chi connectivity index (χ4n) is 0.961. The van der Waals surface area contributed by atoms with Crippen LogP contribution in [-0.2, 0) is 0 Å². The van der Waals surface area contributed by atoms with E-state index in [9.17, 15) is 5.11 Å². The average Bonchev–Trinajstić information content (AvgIpc) is 2.08. The van der Waals surface area contributed by atoms with E-state index in [-0.39, 0.29) is 5.75 Å². The number of anilines is 1. The first-order valence-corrected chi connectivity index (χ1v) is 3.99. The summed E-state index contributed by atoms with van der Waals surface area (Å²) in [6.07, 6.45) is 4.88. The van der Waals surface area contributed by atoms with Gasteiger partial charge < -0.3 is 10.8 Å². The second-order valence-electron chi connectivity index (χ2n) is 2.59. The second kappa shape index (κ2) is 3.81. The van der Waals surface area contributed by atoms with E-state index >= 15 is 0 Å². The first-order chi connectivity index (χ1) is 5.75. The lowest BCUT2D eigenvalue weighted by molar-refractivity contribution is 0.478. The van der Waals surface area contributed by atoms with Gasteiger partial charge in [0.1, 0.15) is 5.75 Å². The van der Waals surface area contributed by atoms with Crippen molar-refractivity contribution >= 4 is 11.8 Å². The van der Waals surface area contributed by atoms with Crippen molar-refractivity contribution < 1.29 is 5.11 Å². The Morgan fingerprint density at radius 3 is 2.92 bits per heavy atom. The van der Waals surface area contributed by atoms with E-state index < -0.39 is 0 Å². The molecule has 0 aliphatic heterocycles. The molecule has 0 fully saturated rings. The van der Waals surface area contributed by atoms with E-state index in [1.54, 1.807) is 12.1 Å². The van der Waals surface area contributed by atoms with Crippen molar-refractivity contribution in [2.24, 2.45) is 0 Å². The number of rotatable bonds is 2. The molecule has 2 nitrogen and oxygen atoms in total. The Bertz CT molecular complexity index is 292. The zero-order valence-corrected chi connectivity index (χ0v) is 7.12. The number of allylic oxidation sites excluding steroid dienone is 1. The standard InChI is InChI=1S/C10H13NO/c1-2-3-5-8-6-4-7-9(12)10(8)11/h3-7,12H,2,11H2,1H3/b5-3-. The molecule has 0 saturated carbocycles. The zero-order valence-electron chi connectivity index (χ0n) is 7.12. The molecule has 64 valence electrons. The molecule has 3 N–H and O–H groups in total. The lowest BCUT2D eigenvalue weighted by atomic mass is 10.1. The van der Waals surface area contributed by atoms with Crippen LogP contribution in [0.3, 0.4) is 0 Å². The van der Waals surface area contributed by atoms with Crippen LogP contribution in [0.5, 0.6) is 5.75 Å². The van der Waals surface area contributed by atoms with E-state index in [4.69, 9.17) is 5.73 Å². The molecule has 2 heteroatoms. The highest BCUT2D eigenvalue weighted by atomic mass is 16.3. The molecule has 0 amide bonds. The molecule has 1 aromatic carbocycles. The van der Waals surface area contributed by atoms with Crippen LogP contribution in [0.1, 0.15) is 18.9 Å². The van der Waals surface area contributed by atoms with Crippen molar-refractivity contribution in [2.75, 3.05) is 5.73 Å². The molecule has 0 atom stereocenters. The molecule has 0 unspecified atom stereocenters. The third-order valence-electron chi connectivity index (χ3n) is 1.65. The highest BCUT2D eigenvalue weighted by Crippen LogP contribution is 2.24. The van der Waals surface area contributed by atoms with Gasteiger partial charge in [0.15, 0.2) is 0 Å². The Balaban J connectivity index is 3.00. The molecule has 0 spiro atoms. The summed E-state index contributed by atoms with van der Waals surface area (Å²) in [6, 6.07) is 5.24. The van der Waals surface area contributed by atoms with Gasteiger partial charge in [0.25, 0.3) is 0 Å². The van der Waals surface area contributed by atoms with Crippen LogP contribution in [0.4, 0.5) is 5.69 Å². The molecule has 0 bridgehead atoms. The fraction of sp³-hybridized carbons (Fsp3) is 0.200. The van der Waals surface area contributed by atoms with Crippen molar-refractivity contribution in [3.05, 3.63) is 29.8 Å². The highest BCUT2D eigenvalue weighted by molar-refractivity contribution is 5.69. The van der Waals surface area contributed by atoms with E-state index in [0.29, 0.717) is 5.69 Å². The fourth-order valence-corrected chi connectivity index (χ4v) is 0.961. The van der Waals surface area contributed by atoms with Crippen LogP contribution in [0, 0.1) is 0 Å². The number of benzene rings is 1. The average molecular weight is 163 g/mol. The number of para-hydroxylation sites is 1. The van der Waals surface area contributed by atoms with Crippen LogP contribution >= 0.6 is 0 Å². The predicted molar refractivity (Wildman–Crippen MR) is 51.8 cm³/mol. The third kappa shape index (κ3) is 1.78. The van der Waals surface area contributed by atoms with E-state index in [2.05, 4.69) is 6.92 Å². The maximum atomic E-state index is 9.24. The molecule has 0 aromatic heterocycles. The summed E-state index contributed by atoms with van der Waals surface area (Å²) in [5.74, 6) is 0.147. The van der Waals surface area contributed by atoms with Gasteiger partial charge in [-0.05, 0) is 12.5 Å². The van der Waals surface area contributed by atoms with Gasteiger partial charge >= 0.3 is 0 Å². The Morgan fingerprint density at radius 2 is 2.25 bits per heavy atom. The maximum absolute atomic E-state index is 9.24. The highest BCUT2D eigenvalue weighted by Gasteiger charge is 1.98. The van der Waals surface area contributed by atoms with Gasteiger partial charge in [0.2, 0.25) is 0 Å². The van der Waals surface area contributed by atoms with Gasteiger partial charge in [-0.25, -0.2) is 0 Å². The molecule has 1 aromatic rings. The second-order valence-corrected chi connectivity index (χ2v) is 2.59. The first-order valence-electron chi connectivity index (χ1n) is 3.99. The van der Waals surface area contributed by atoms with Crippen molar-refractivity contribution in [1.29, 1.82) is 0 Å². The van der Waals surface area contributed by atoms with E-state index in [0.717, 1.165) is 12.0 Å². The molecule has 1 rings (SSSR count). The van der Waals surface area contributed by atoms with Crippen molar-refractivity contribution in [1.82, 2.24) is 0 Å². The molecule has 0 heterocycles. The Kier molecular flexibility index (Phi) is 2.75. The summed E-state index contributed by atoms with van der Waals surface area (Å²) < 4.78 is 0. The number of phenolic OH excluding ortho intramolecular Hbond substituents is 1. The predicted octanol–water partition coefficient (Wildman–Crippen LogP) is 2.40. The molecule has 0 aliphatic rings. The molecule has 0 radical (unpaired) electrons. The van der Waals surface area contributed by atoms with E-state index in [1.807, 2.05) is 18.2 Å². The van der Waals surface area contributed by atoms with Crippen LogP contribution in [-0.4, -0.2) is 5.11 Å². The molecule has 0 saturated heterocycles. The smallest absolute Gasteiger partial charge is 0.139 e. The first kappa shape index (κ1) is 8.65. The van der Waals surface area contributed by atoms with Gasteiger partial charge in [0.05, 0.1) is 5.69 Å². The minimum absolute atomic E-state index is 0.147. The van der Waals surface area contributed by atoms with Crippen LogP contribution < -0.4 is 5.73 Å². The van der Waals surface area contributed by atoms with Gasteiger partial charge in [-0.3, -0.25) is 0 Å². The summed E-state index contributed by atoms with van der Waals surface area (Å²) in [5, 5.41) is 9.24. The minimum Gasteiger partial charge on any atom is -0.506 e. The Labute approximate surface area is 72.3 Å². The SMILES string of the molecule is CC/C=C\c1cccc(O)c1N. The summed E-state index contributed by atoms with van der Waals surface area (Å²) in [5.41, 5.74) is 6.94. The zero-order chi connectivity index (χ0) is 8.97. The monoisotopic (exact) mass is 163 g/mol. The van der Waals surface area contributed by atoms with Crippen LogP contribution in [0.15, 0.2) is 24.3 Å². The minimum atomic E-state index is 0.147. The van der Waals surface area contributed by atoms with Crippen molar-refractivity contribution in [2.45, 2.75) is 13.3 Å². The Morgan fingerprint density at radius 1 is 1.50 bits per heavy atom. The van der Waals surface area contributed by atoms with Crippen molar-refractivity contribution in [3.8, 4) is 5.75 Å². The quantitative estimate of drug-likeness (QED) is 0.519. The molecular weight excluding hydrogens is 150 g/mol. The lowest BCUT2D eigenvalue weighted by Crippen LogP contribution is -1.88. The molecular formula is C10H13NO. The number of aromatic hydroxyl groups is 1. The van der Waals surface area contributed by atoms with Crippen LogP contribution in [0.25, 0.3) is 6.08 Å². The van der Waals surface area contributed by atoms with Gasteiger partial charge in [-0.15, -0.1) is 0 Å². The van der Waals surface area contributed by atoms with Gasteiger partial charge in [-0.1, -0.05) is 31.2 Å². The summed E-state index contributed by atoms with van der Waals surface area (Å²) in [7, 11) is 0. The maximum Gasteiger partial charge on any atom is 0.139 e. The van der Waals surface area contributed by atoms with Crippen LogP contribution in [0.2, 0.25) is 0 Å². The molecule has 12 heavy (non-hydrogen) atoms. The largest absolute Gasteiger partial charge is 0.506 e. The number of hydrogen-bond acceptors (Lipinski definition) is 2. The Hall–Kier alpha value is -1.44. The summed E-state index contributed by atoms with van der Waals surface area (Å²) >= 11 is 0. The van der Waals surface area contributed by atoms with Gasteiger partial charge in [-0.2, -0.15) is 0 Å². The van der Waals surface area contributed by atoms with E-state index in [1.165, 1.54) is 0 Å². The lowest BCUT2D eigenvalue weighted by Gasteiger charge is -2.01. The van der Waals surface area contributed by atoms with Crippen molar-refractivity contribution in [3.63, 3.8) is 0 Å². The normalized spacial score (nSPS) is 10.8. The van der Waals surface area contributed by atoms with Gasteiger partial charge in [0, 0.05) is 5.56 Å². The number of hydrogen-bond donors (Lipinski definition) is 2. The number of nitrogen functional groups attached to an aromatic ring is 1.